The third-order valence-electron chi connectivity index (χ3n) is 4.24. The van der Waals surface area contributed by atoms with Crippen LogP contribution in [0.4, 0.5) is 23.7 Å². The fraction of sp³-hybridized carbons (Fsp3) is 0.263. The Balaban J connectivity index is 1.86. The topological polar surface area (TPSA) is 76.7 Å². The second kappa shape index (κ2) is 7.79. The van der Waals surface area contributed by atoms with Crippen LogP contribution in [-0.4, -0.2) is 25.7 Å². The number of hydrogen-bond donors (Lipinski definition) is 2. The first-order chi connectivity index (χ1) is 13.3. The van der Waals surface area contributed by atoms with Crippen LogP contribution in [0.1, 0.15) is 33.9 Å². The summed E-state index contributed by atoms with van der Waals surface area (Å²) in [5, 5.41) is 5.12. The van der Waals surface area contributed by atoms with Crippen LogP contribution in [-0.2, 0) is 10.9 Å². The second-order valence-electron chi connectivity index (χ2n) is 6.08. The lowest BCUT2D eigenvalue weighted by atomic mass is 9.97. The van der Waals surface area contributed by atoms with Gasteiger partial charge in [-0.05, 0) is 24.3 Å². The van der Waals surface area contributed by atoms with E-state index in [-0.39, 0.29) is 23.6 Å². The maximum Gasteiger partial charge on any atom is 0.416 e. The molecule has 0 saturated heterocycles. The van der Waals surface area contributed by atoms with Gasteiger partial charge in [0.15, 0.2) is 0 Å². The van der Waals surface area contributed by atoms with Gasteiger partial charge in [0.25, 0.3) is 5.91 Å². The Morgan fingerprint density at radius 3 is 2.64 bits per heavy atom. The zero-order chi connectivity index (χ0) is 20.3. The van der Waals surface area contributed by atoms with Crippen molar-refractivity contribution in [3.63, 3.8) is 0 Å². The molecule has 2 aromatic rings. The minimum Gasteiger partial charge on any atom is -0.492 e. The summed E-state index contributed by atoms with van der Waals surface area (Å²) < 4.78 is 48.8. The lowest BCUT2D eigenvalue weighted by Gasteiger charge is -2.27. The van der Waals surface area contributed by atoms with Crippen molar-refractivity contribution in [1.82, 2.24) is 5.32 Å². The van der Waals surface area contributed by atoms with E-state index in [1.807, 2.05) is 0 Å². The van der Waals surface area contributed by atoms with Gasteiger partial charge in [0.2, 0.25) is 0 Å². The Labute approximate surface area is 158 Å². The van der Waals surface area contributed by atoms with Crippen molar-refractivity contribution in [1.29, 1.82) is 0 Å². The third kappa shape index (κ3) is 4.19. The van der Waals surface area contributed by atoms with Gasteiger partial charge in [0.05, 0.1) is 30.9 Å². The molecular weight excluding hydrogens is 377 g/mol. The maximum absolute atomic E-state index is 12.9. The van der Waals surface area contributed by atoms with Crippen LogP contribution in [0, 0.1) is 0 Å². The van der Waals surface area contributed by atoms with E-state index < -0.39 is 29.8 Å². The molecule has 0 spiro atoms. The fourth-order valence-electron chi connectivity index (χ4n) is 2.93. The highest BCUT2D eigenvalue weighted by Gasteiger charge is 2.31. The quantitative estimate of drug-likeness (QED) is 0.821. The van der Waals surface area contributed by atoms with Gasteiger partial charge in [-0.15, -0.1) is 0 Å². The zero-order valence-electron chi connectivity index (χ0n) is 14.8. The summed E-state index contributed by atoms with van der Waals surface area (Å²) in [6.45, 7) is 0.259. The average molecular weight is 394 g/mol. The Morgan fingerprint density at radius 2 is 1.93 bits per heavy atom. The zero-order valence-corrected chi connectivity index (χ0v) is 14.8. The molecule has 0 unspecified atom stereocenters. The molecule has 0 saturated carbocycles. The summed E-state index contributed by atoms with van der Waals surface area (Å²) in [4.78, 5) is 24.2. The fourth-order valence-corrected chi connectivity index (χ4v) is 2.93. The normalized spacial score (nSPS) is 15.8. The second-order valence-corrected chi connectivity index (χ2v) is 6.08. The van der Waals surface area contributed by atoms with Gasteiger partial charge in [-0.2, -0.15) is 13.2 Å². The number of alkyl carbamates (subject to hydrolysis) is 1. The molecule has 0 radical (unpaired) electrons. The van der Waals surface area contributed by atoms with E-state index in [1.54, 1.807) is 12.1 Å². The number of fused-ring (bicyclic) bond motifs is 1. The first-order valence-electron chi connectivity index (χ1n) is 8.38. The molecule has 1 heterocycles. The minimum absolute atomic E-state index is 0.0115. The van der Waals surface area contributed by atoms with Gasteiger partial charge in [0.1, 0.15) is 5.75 Å². The summed E-state index contributed by atoms with van der Waals surface area (Å²) in [6, 6.07) is 8.77. The number of anilines is 1. The molecule has 9 heteroatoms. The SMILES string of the molecule is COC(=O)N[C@H]1CCOc2c(C(=O)Nc3cccc(C(F)(F)F)c3)cccc21. The van der Waals surface area contributed by atoms with E-state index in [0.717, 1.165) is 12.1 Å². The van der Waals surface area contributed by atoms with E-state index >= 15 is 0 Å². The Morgan fingerprint density at radius 1 is 1.18 bits per heavy atom. The number of halogens is 3. The van der Waals surface area contributed by atoms with Gasteiger partial charge >= 0.3 is 12.3 Å². The molecule has 148 valence electrons. The third-order valence-corrected chi connectivity index (χ3v) is 4.24. The highest BCUT2D eigenvalue weighted by Crippen LogP contribution is 2.36. The summed E-state index contributed by atoms with van der Waals surface area (Å²) in [6.07, 6.45) is -4.64. The molecule has 0 aromatic heterocycles. The van der Waals surface area contributed by atoms with Crippen LogP contribution < -0.4 is 15.4 Å². The molecule has 2 N–H and O–H groups in total. The van der Waals surface area contributed by atoms with Crippen LogP contribution in [0.15, 0.2) is 42.5 Å². The number of hydrogen-bond acceptors (Lipinski definition) is 4. The van der Waals surface area contributed by atoms with Crippen LogP contribution in [0.5, 0.6) is 5.75 Å². The first kappa shape index (κ1) is 19.5. The van der Waals surface area contributed by atoms with Crippen molar-refractivity contribution in [2.75, 3.05) is 19.0 Å². The molecule has 3 rings (SSSR count). The summed E-state index contributed by atoms with van der Waals surface area (Å²) in [7, 11) is 1.24. The molecule has 0 bridgehead atoms. The van der Waals surface area contributed by atoms with Crippen LogP contribution in [0.25, 0.3) is 0 Å². The lowest BCUT2D eigenvalue weighted by Crippen LogP contribution is -2.32. The number of benzene rings is 2. The minimum atomic E-state index is -4.51. The van der Waals surface area contributed by atoms with Crippen molar-refractivity contribution in [3.8, 4) is 5.75 Å². The number of carbonyl (C=O) groups excluding carboxylic acids is 2. The number of ether oxygens (including phenoxy) is 2. The smallest absolute Gasteiger partial charge is 0.416 e. The number of carbonyl (C=O) groups is 2. The number of para-hydroxylation sites is 1. The monoisotopic (exact) mass is 394 g/mol. The first-order valence-corrected chi connectivity index (χ1v) is 8.38. The molecule has 0 aliphatic carbocycles. The van der Waals surface area contributed by atoms with Crippen LogP contribution in [0.2, 0.25) is 0 Å². The predicted octanol–water partition coefficient (Wildman–Crippen LogP) is 4.14. The van der Waals surface area contributed by atoms with Gasteiger partial charge in [-0.3, -0.25) is 4.79 Å². The van der Waals surface area contributed by atoms with Crippen molar-refractivity contribution in [2.24, 2.45) is 0 Å². The predicted molar refractivity (Wildman–Crippen MR) is 94.2 cm³/mol. The number of rotatable bonds is 3. The molecular formula is C19H17F3N2O4. The molecule has 1 atom stereocenters. The number of methoxy groups -OCH3 is 1. The molecule has 2 amide bonds. The van der Waals surface area contributed by atoms with E-state index in [1.165, 1.54) is 25.3 Å². The van der Waals surface area contributed by atoms with Crippen molar-refractivity contribution in [3.05, 3.63) is 59.2 Å². The number of amides is 2. The summed E-state index contributed by atoms with van der Waals surface area (Å²) in [5.41, 5.74) is -0.101. The largest absolute Gasteiger partial charge is 0.492 e. The van der Waals surface area contributed by atoms with E-state index in [0.29, 0.717) is 12.0 Å². The molecule has 1 aliphatic rings. The highest BCUT2D eigenvalue weighted by molar-refractivity contribution is 6.06. The van der Waals surface area contributed by atoms with Gasteiger partial charge in [-0.1, -0.05) is 18.2 Å². The van der Waals surface area contributed by atoms with Crippen molar-refractivity contribution in [2.45, 2.75) is 18.6 Å². The average Bonchev–Trinajstić information content (AvgIpc) is 2.67. The molecule has 1 aliphatic heterocycles. The summed E-state index contributed by atoms with van der Waals surface area (Å²) in [5.74, 6) is -0.338. The van der Waals surface area contributed by atoms with E-state index in [2.05, 4.69) is 15.4 Å². The van der Waals surface area contributed by atoms with Crippen LogP contribution >= 0.6 is 0 Å². The molecule has 28 heavy (non-hydrogen) atoms. The Bertz CT molecular complexity index is 899. The number of nitrogens with one attached hydrogen (secondary N) is 2. The van der Waals surface area contributed by atoms with E-state index in [4.69, 9.17) is 4.74 Å². The van der Waals surface area contributed by atoms with Gasteiger partial charge in [0, 0.05) is 17.7 Å². The Hall–Kier alpha value is -3.23. The van der Waals surface area contributed by atoms with E-state index in [9.17, 15) is 22.8 Å². The lowest BCUT2D eigenvalue weighted by molar-refractivity contribution is -0.137. The maximum atomic E-state index is 12.9. The van der Waals surface area contributed by atoms with Gasteiger partial charge in [-0.25, -0.2) is 4.79 Å². The van der Waals surface area contributed by atoms with Crippen molar-refractivity contribution < 1.29 is 32.2 Å². The van der Waals surface area contributed by atoms with Crippen LogP contribution in [0.3, 0.4) is 0 Å². The van der Waals surface area contributed by atoms with Gasteiger partial charge < -0.3 is 20.1 Å². The molecule has 2 aromatic carbocycles. The summed E-state index contributed by atoms with van der Waals surface area (Å²) >= 11 is 0. The molecule has 0 fully saturated rings. The van der Waals surface area contributed by atoms with Crippen molar-refractivity contribution >= 4 is 17.7 Å². The standard InChI is InChI=1S/C19H17F3N2O4/c1-27-18(26)24-15-8-9-28-16-13(15)6-3-7-14(16)17(25)23-12-5-2-4-11(10-12)19(20,21)22/h2-7,10,15H,8-9H2,1H3,(H,23,25)(H,24,26)/t15-/m0/s1. The molecule has 6 nitrogen and oxygen atoms in total. The number of alkyl halides is 3. The highest BCUT2D eigenvalue weighted by atomic mass is 19.4. The Kier molecular flexibility index (Phi) is 5.43.